The first-order valence-corrected chi connectivity index (χ1v) is 8.48. The Morgan fingerprint density at radius 3 is 2.75 bits per heavy atom. The summed E-state index contributed by atoms with van der Waals surface area (Å²) in [6.07, 6.45) is 2.76. The number of hydrogen-bond acceptors (Lipinski definition) is 2. The van der Waals surface area contributed by atoms with E-state index in [2.05, 4.69) is 61.6 Å². The van der Waals surface area contributed by atoms with E-state index in [1.54, 1.807) is 4.68 Å². The summed E-state index contributed by atoms with van der Waals surface area (Å²) in [7, 11) is 1.87. The van der Waals surface area contributed by atoms with Gasteiger partial charge in [-0.15, -0.1) is 0 Å². The molecule has 1 aliphatic rings. The molecule has 1 unspecified atom stereocenters. The second kappa shape index (κ2) is 5.96. The quantitative estimate of drug-likeness (QED) is 0.892. The highest BCUT2D eigenvalue weighted by molar-refractivity contribution is 5.90. The summed E-state index contributed by atoms with van der Waals surface area (Å²) in [6, 6.07) is 8.22. The highest BCUT2D eigenvalue weighted by Gasteiger charge is 2.37. The maximum atomic E-state index is 12.5. The Morgan fingerprint density at radius 1 is 1.33 bits per heavy atom. The number of carbonyl (C=O) groups excluding carboxylic acids is 1. The summed E-state index contributed by atoms with van der Waals surface area (Å²) in [5.74, 6) is 0.257. The maximum absolute atomic E-state index is 12.5. The number of benzene rings is 1. The van der Waals surface area contributed by atoms with E-state index in [0.29, 0.717) is 0 Å². The molecular formula is C19H26N4O. The minimum absolute atomic E-state index is 0.0374. The van der Waals surface area contributed by atoms with Gasteiger partial charge in [0.2, 0.25) is 0 Å². The average Bonchev–Trinajstić information content (AvgIpc) is 2.98. The Labute approximate surface area is 143 Å². The molecule has 0 bridgehead atoms. The van der Waals surface area contributed by atoms with Crippen LogP contribution in [0.2, 0.25) is 0 Å². The Morgan fingerprint density at radius 2 is 2.04 bits per heavy atom. The normalized spacial score (nSPS) is 18.5. The van der Waals surface area contributed by atoms with Crippen molar-refractivity contribution in [1.82, 2.24) is 15.1 Å². The van der Waals surface area contributed by atoms with E-state index >= 15 is 0 Å². The summed E-state index contributed by atoms with van der Waals surface area (Å²) in [6.45, 7) is 8.59. The predicted octanol–water partition coefficient (Wildman–Crippen LogP) is 4.09. The second-order valence-electron chi connectivity index (χ2n) is 7.58. The van der Waals surface area contributed by atoms with E-state index in [4.69, 9.17) is 0 Å². The van der Waals surface area contributed by atoms with Crippen LogP contribution in [0.3, 0.4) is 0 Å². The number of aryl methyl sites for hydroxylation is 1. The van der Waals surface area contributed by atoms with Gasteiger partial charge < -0.3 is 10.6 Å². The van der Waals surface area contributed by atoms with E-state index in [1.165, 1.54) is 11.1 Å². The fourth-order valence-electron chi connectivity index (χ4n) is 3.62. The molecule has 2 N–H and O–H groups in total. The number of hydrogen-bond donors (Lipinski definition) is 2. The van der Waals surface area contributed by atoms with Gasteiger partial charge in [-0.1, -0.05) is 52.0 Å². The molecule has 2 amide bonds. The SMILES string of the molecule is CC(C)c1nn(C)cc1NC(=O)NC1CC(C)(C)c2ccccc21. The number of urea groups is 1. The molecule has 2 aromatic rings. The molecule has 24 heavy (non-hydrogen) atoms. The van der Waals surface area contributed by atoms with E-state index in [1.807, 2.05) is 19.3 Å². The third-order valence-corrected chi connectivity index (χ3v) is 4.74. The molecule has 1 aliphatic carbocycles. The monoisotopic (exact) mass is 326 g/mol. The van der Waals surface area contributed by atoms with Crippen LogP contribution in [0, 0.1) is 0 Å². The Kier molecular flexibility index (Phi) is 4.11. The molecular weight excluding hydrogens is 300 g/mol. The van der Waals surface area contributed by atoms with Gasteiger partial charge in [0.1, 0.15) is 0 Å². The lowest BCUT2D eigenvalue weighted by atomic mass is 9.86. The Bertz CT molecular complexity index is 760. The number of carbonyl (C=O) groups is 1. The molecule has 1 aromatic heterocycles. The molecule has 0 fully saturated rings. The lowest BCUT2D eigenvalue weighted by Gasteiger charge is -2.19. The third-order valence-electron chi connectivity index (χ3n) is 4.74. The van der Waals surface area contributed by atoms with Gasteiger partial charge in [-0.05, 0) is 28.9 Å². The molecule has 0 spiro atoms. The predicted molar refractivity (Wildman–Crippen MR) is 96.3 cm³/mol. The van der Waals surface area contributed by atoms with Gasteiger partial charge in [0, 0.05) is 13.2 Å². The van der Waals surface area contributed by atoms with E-state index in [9.17, 15) is 4.79 Å². The lowest BCUT2D eigenvalue weighted by Crippen LogP contribution is -2.32. The molecule has 0 saturated carbocycles. The average molecular weight is 326 g/mol. The summed E-state index contributed by atoms with van der Waals surface area (Å²) >= 11 is 0. The largest absolute Gasteiger partial charge is 0.331 e. The zero-order valence-corrected chi connectivity index (χ0v) is 15.1. The van der Waals surface area contributed by atoms with Crippen molar-refractivity contribution in [1.29, 1.82) is 0 Å². The standard InChI is InChI=1S/C19H26N4O/c1-12(2)17-16(11-23(5)22-17)21-18(24)20-15-10-19(3,4)14-9-7-6-8-13(14)15/h6-9,11-12,15H,10H2,1-5H3,(H2,20,21,24). The van der Waals surface area contributed by atoms with E-state index in [-0.39, 0.29) is 23.4 Å². The smallest absolute Gasteiger partial charge is 0.319 e. The van der Waals surface area contributed by atoms with Crippen LogP contribution >= 0.6 is 0 Å². The third kappa shape index (κ3) is 3.03. The molecule has 1 atom stereocenters. The number of anilines is 1. The molecule has 1 heterocycles. The minimum atomic E-state index is -0.178. The number of aromatic nitrogens is 2. The van der Waals surface area contributed by atoms with Crippen LogP contribution in [-0.2, 0) is 12.5 Å². The first-order valence-electron chi connectivity index (χ1n) is 8.48. The van der Waals surface area contributed by atoms with Crippen LogP contribution in [0.15, 0.2) is 30.5 Å². The molecule has 128 valence electrons. The molecule has 0 radical (unpaired) electrons. The Hall–Kier alpha value is -2.30. The number of fused-ring (bicyclic) bond motifs is 1. The molecule has 3 rings (SSSR count). The zero-order valence-electron chi connectivity index (χ0n) is 15.1. The van der Waals surface area contributed by atoms with Crippen LogP contribution in [0.25, 0.3) is 0 Å². The van der Waals surface area contributed by atoms with E-state index < -0.39 is 0 Å². The van der Waals surface area contributed by atoms with Crippen molar-refractivity contribution in [3.05, 3.63) is 47.3 Å². The second-order valence-corrected chi connectivity index (χ2v) is 7.58. The van der Waals surface area contributed by atoms with Gasteiger partial charge in [0.15, 0.2) is 0 Å². The number of amides is 2. The van der Waals surface area contributed by atoms with Crippen LogP contribution < -0.4 is 10.6 Å². The summed E-state index contributed by atoms with van der Waals surface area (Å²) < 4.78 is 1.74. The van der Waals surface area contributed by atoms with Gasteiger partial charge in [-0.2, -0.15) is 5.10 Å². The van der Waals surface area contributed by atoms with Crippen molar-refractivity contribution in [2.75, 3.05) is 5.32 Å². The minimum Gasteiger partial charge on any atom is -0.331 e. The van der Waals surface area contributed by atoms with Crippen LogP contribution in [0.5, 0.6) is 0 Å². The maximum Gasteiger partial charge on any atom is 0.319 e. The number of rotatable bonds is 3. The highest BCUT2D eigenvalue weighted by atomic mass is 16.2. The van der Waals surface area contributed by atoms with Crippen molar-refractivity contribution in [2.45, 2.75) is 51.5 Å². The topological polar surface area (TPSA) is 59.0 Å². The fourth-order valence-corrected chi connectivity index (χ4v) is 3.62. The number of nitrogens with zero attached hydrogens (tertiary/aromatic N) is 2. The Balaban J connectivity index is 1.75. The first-order chi connectivity index (χ1) is 11.3. The van der Waals surface area contributed by atoms with E-state index in [0.717, 1.165) is 17.8 Å². The van der Waals surface area contributed by atoms with Gasteiger partial charge >= 0.3 is 6.03 Å². The van der Waals surface area contributed by atoms with Crippen molar-refractivity contribution in [3.63, 3.8) is 0 Å². The molecule has 5 nitrogen and oxygen atoms in total. The first kappa shape index (κ1) is 16.6. The summed E-state index contributed by atoms with van der Waals surface area (Å²) in [4.78, 5) is 12.5. The highest BCUT2D eigenvalue weighted by Crippen LogP contribution is 2.44. The number of nitrogens with one attached hydrogen (secondary N) is 2. The van der Waals surface area contributed by atoms with Crippen molar-refractivity contribution in [3.8, 4) is 0 Å². The van der Waals surface area contributed by atoms with Gasteiger partial charge in [0.25, 0.3) is 0 Å². The zero-order chi connectivity index (χ0) is 17.5. The van der Waals surface area contributed by atoms with Crippen LogP contribution in [0.4, 0.5) is 10.5 Å². The molecule has 5 heteroatoms. The molecule has 1 aromatic carbocycles. The fraction of sp³-hybridized carbons (Fsp3) is 0.474. The van der Waals surface area contributed by atoms with Gasteiger partial charge in [-0.3, -0.25) is 4.68 Å². The van der Waals surface area contributed by atoms with Crippen molar-refractivity contribution < 1.29 is 4.79 Å². The van der Waals surface area contributed by atoms with Crippen LogP contribution in [0.1, 0.15) is 62.9 Å². The summed E-state index contributed by atoms with van der Waals surface area (Å²) in [5, 5.41) is 10.5. The van der Waals surface area contributed by atoms with Crippen LogP contribution in [-0.4, -0.2) is 15.8 Å². The molecule has 0 aliphatic heterocycles. The lowest BCUT2D eigenvalue weighted by molar-refractivity contribution is 0.247. The van der Waals surface area contributed by atoms with Crippen molar-refractivity contribution >= 4 is 11.7 Å². The molecule has 0 saturated heterocycles. The van der Waals surface area contributed by atoms with Gasteiger partial charge in [-0.25, -0.2) is 4.79 Å². The van der Waals surface area contributed by atoms with Crippen molar-refractivity contribution in [2.24, 2.45) is 7.05 Å². The summed E-state index contributed by atoms with van der Waals surface area (Å²) in [5.41, 5.74) is 4.29. The van der Waals surface area contributed by atoms with Gasteiger partial charge in [0.05, 0.1) is 17.4 Å².